The fourth-order valence-corrected chi connectivity index (χ4v) is 3.82. The highest BCUT2D eigenvalue weighted by atomic mass is 16.5. The highest BCUT2D eigenvalue weighted by molar-refractivity contribution is 6.05. The van der Waals surface area contributed by atoms with Crippen molar-refractivity contribution in [2.75, 3.05) is 31.2 Å². The van der Waals surface area contributed by atoms with E-state index in [0.29, 0.717) is 43.0 Å². The number of esters is 1. The number of ketones is 1. The zero-order chi connectivity index (χ0) is 21.1. The first-order valence-corrected chi connectivity index (χ1v) is 9.88. The molecule has 2 unspecified atom stereocenters. The maximum absolute atomic E-state index is 13.2. The molecule has 0 saturated carbocycles. The number of hydrogen-bond acceptors (Lipinski definition) is 6. The summed E-state index contributed by atoms with van der Waals surface area (Å²) in [6.07, 6.45) is 1.38. The standard InChI is InChI=1S/C21H26N2O6/c1-4-28-21(27)16-6-5-9-22(11-16)20(26)13(2)23-17-10-15(14(3)24)7-8-18(17)29-12-19(23)25/h7-8,10,13,16H,4-6,9,11-12H2,1-3H3. The van der Waals surface area contributed by atoms with Gasteiger partial charge in [0.25, 0.3) is 5.91 Å². The maximum atomic E-state index is 13.2. The number of nitrogens with zero attached hydrogens (tertiary/aromatic N) is 2. The summed E-state index contributed by atoms with van der Waals surface area (Å²) in [5, 5.41) is 0. The number of carbonyl (C=O) groups is 4. The minimum absolute atomic E-state index is 0.141. The van der Waals surface area contributed by atoms with Crippen molar-refractivity contribution in [3.63, 3.8) is 0 Å². The molecule has 29 heavy (non-hydrogen) atoms. The molecule has 0 aromatic heterocycles. The molecule has 2 amide bonds. The van der Waals surface area contributed by atoms with Gasteiger partial charge in [-0.3, -0.25) is 24.1 Å². The average molecular weight is 402 g/mol. The number of benzene rings is 1. The van der Waals surface area contributed by atoms with Gasteiger partial charge in [-0.2, -0.15) is 0 Å². The number of likely N-dealkylation sites (tertiary alicyclic amines) is 1. The Kier molecular flexibility index (Phi) is 6.20. The fraction of sp³-hybridized carbons (Fsp3) is 0.524. The van der Waals surface area contributed by atoms with Crippen LogP contribution in [0.1, 0.15) is 44.0 Å². The minimum Gasteiger partial charge on any atom is -0.482 e. The summed E-state index contributed by atoms with van der Waals surface area (Å²) in [4.78, 5) is 52.6. The van der Waals surface area contributed by atoms with Crippen LogP contribution in [0.5, 0.6) is 5.75 Å². The van der Waals surface area contributed by atoms with Crippen molar-refractivity contribution < 1.29 is 28.7 Å². The Bertz CT molecular complexity index is 836. The van der Waals surface area contributed by atoms with Crippen LogP contribution >= 0.6 is 0 Å². The third-order valence-electron chi connectivity index (χ3n) is 5.34. The Balaban J connectivity index is 1.82. The number of Topliss-reactive ketones (excluding diaryl/α,β-unsaturated/α-hetero) is 1. The van der Waals surface area contributed by atoms with Gasteiger partial charge < -0.3 is 14.4 Å². The summed E-state index contributed by atoms with van der Waals surface area (Å²) < 4.78 is 10.6. The van der Waals surface area contributed by atoms with Gasteiger partial charge >= 0.3 is 5.97 Å². The molecule has 2 aliphatic rings. The second kappa shape index (κ2) is 8.63. The van der Waals surface area contributed by atoms with E-state index in [-0.39, 0.29) is 42.6 Å². The van der Waals surface area contributed by atoms with Crippen molar-refractivity contribution in [2.24, 2.45) is 5.92 Å². The molecule has 8 heteroatoms. The fourth-order valence-electron chi connectivity index (χ4n) is 3.82. The van der Waals surface area contributed by atoms with Crippen LogP contribution in [-0.4, -0.2) is 60.8 Å². The molecule has 0 N–H and O–H groups in total. The van der Waals surface area contributed by atoms with Crippen molar-refractivity contribution in [2.45, 2.75) is 39.7 Å². The van der Waals surface area contributed by atoms with Gasteiger partial charge in [0.2, 0.25) is 5.91 Å². The van der Waals surface area contributed by atoms with Crippen molar-refractivity contribution >= 4 is 29.3 Å². The van der Waals surface area contributed by atoms with Gasteiger partial charge in [-0.15, -0.1) is 0 Å². The van der Waals surface area contributed by atoms with Crippen molar-refractivity contribution in [1.82, 2.24) is 4.90 Å². The normalized spacial score (nSPS) is 19.8. The number of anilines is 1. The molecule has 0 radical (unpaired) electrons. The SMILES string of the molecule is CCOC(=O)C1CCCN(C(=O)C(C)N2C(=O)COc3ccc(C(C)=O)cc32)C1. The van der Waals surface area contributed by atoms with E-state index < -0.39 is 6.04 Å². The Hall–Kier alpha value is -2.90. The van der Waals surface area contributed by atoms with Gasteiger partial charge in [-0.05, 0) is 51.8 Å². The molecule has 2 atom stereocenters. The van der Waals surface area contributed by atoms with E-state index in [1.54, 1.807) is 36.9 Å². The summed E-state index contributed by atoms with van der Waals surface area (Å²) in [7, 11) is 0. The van der Waals surface area contributed by atoms with Crippen LogP contribution in [0.4, 0.5) is 5.69 Å². The zero-order valence-electron chi connectivity index (χ0n) is 17.0. The predicted octanol–water partition coefficient (Wildman–Crippen LogP) is 1.80. The zero-order valence-corrected chi connectivity index (χ0v) is 17.0. The maximum Gasteiger partial charge on any atom is 0.310 e. The lowest BCUT2D eigenvalue weighted by Gasteiger charge is -2.38. The molecular formula is C21H26N2O6. The van der Waals surface area contributed by atoms with Gasteiger partial charge in [0.1, 0.15) is 11.8 Å². The Labute approximate surface area is 169 Å². The van der Waals surface area contributed by atoms with Crippen LogP contribution in [-0.2, 0) is 19.1 Å². The molecular weight excluding hydrogens is 376 g/mol. The van der Waals surface area contributed by atoms with E-state index in [4.69, 9.17) is 9.47 Å². The summed E-state index contributed by atoms with van der Waals surface area (Å²) in [5.41, 5.74) is 0.848. The predicted molar refractivity (Wildman–Crippen MR) is 105 cm³/mol. The minimum atomic E-state index is -0.784. The third kappa shape index (κ3) is 4.26. The summed E-state index contributed by atoms with van der Waals surface area (Å²) >= 11 is 0. The molecule has 2 heterocycles. The molecule has 1 aromatic rings. The molecule has 0 spiro atoms. The lowest BCUT2D eigenvalue weighted by molar-refractivity contribution is -0.151. The van der Waals surface area contributed by atoms with E-state index >= 15 is 0 Å². The summed E-state index contributed by atoms with van der Waals surface area (Å²) in [6, 6.07) is 4.07. The van der Waals surface area contributed by atoms with E-state index in [1.807, 2.05) is 0 Å². The van der Waals surface area contributed by atoms with Crippen LogP contribution < -0.4 is 9.64 Å². The second-order valence-electron chi connectivity index (χ2n) is 7.34. The molecule has 8 nitrogen and oxygen atoms in total. The topological polar surface area (TPSA) is 93.2 Å². The van der Waals surface area contributed by atoms with Crippen LogP contribution in [0.25, 0.3) is 0 Å². The first-order valence-electron chi connectivity index (χ1n) is 9.88. The Morgan fingerprint density at radius 3 is 2.76 bits per heavy atom. The second-order valence-corrected chi connectivity index (χ2v) is 7.34. The number of fused-ring (bicyclic) bond motifs is 1. The van der Waals surface area contributed by atoms with Crippen LogP contribution in [0.2, 0.25) is 0 Å². The molecule has 2 aliphatic heterocycles. The smallest absolute Gasteiger partial charge is 0.310 e. The monoisotopic (exact) mass is 402 g/mol. The number of rotatable bonds is 5. The van der Waals surface area contributed by atoms with Gasteiger partial charge in [0.15, 0.2) is 12.4 Å². The largest absolute Gasteiger partial charge is 0.482 e. The number of amides is 2. The molecule has 156 valence electrons. The van der Waals surface area contributed by atoms with Crippen LogP contribution in [0.3, 0.4) is 0 Å². The molecule has 1 aromatic carbocycles. The van der Waals surface area contributed by atoms with Crippen molar-refractivity contribution in [1.29, 1.82) is 0 Å². The molecule has 1 fully saturated rings. The summed E-state index contributed by atoms with van der Waals surface area (Å²) in [6.45, 7) is 5.78. The molecule has 1 saturated heterocycles. The third-order valence-corrected chi connectivity index (χ3v) is 5.34. The Morgan fingerprint density at radius 1 is 1.31 bits per heavy atom. The van der Waals surface area contributed by atoms with E-state index in [0.717, 1.165) is 0 Å². The highest BCUT2D eigenvalue weighted by Crippen LogP contribution is 2.35. The lowest BCUT2D eigenvalue weighted by atomic mass is 9.97. The average Bonchev–Trinajstić information content (AvgIpc) is 2.72. The van der Waals surface area contributed by atoms with Gasteiger partial charge in [0.05, 0.1) is 18.2 Å². The molecule has 3 rings (SSSR count). The first-order chi connectivity index (χ1) is 13.8. The first kappa shape index (κ1) is 20.8. The number of carbonyl (C=O) groups excluding carboxylic acids is 4. The van der Waals surface area contributed by atoms with Gasteiger partial charge in [-0.1, -0.05) is 0 Å². The van der Waals surface area contributed by atoms with E-state index in [1.165, 1.54) is 11.8 Å². The van der Waals surface area contributed by atoms with Gasteiger partial charge in [0, 0.05) is 18.7 Å². The highest BCUT2D eigenvalue weighted by Gasteiger charge is 2.37. The van der Waals surface area contributed by atoms with Crippen molar-refractivity contribution in [3.05, 3.63) is 23.8 Å². The number of ether oxygens (including phenoxy) is 2. The number of piperidine rings is 1. The van der Waals surface area contributed by atoms with Crippen LogP contribution in [0.15, 0.2) is 18.2 Å². The number of hydrogen-bond donors (Lipinski definition) is 0. The lowest BCUT2D eigenvalue weighted by Crippen LogP contribution is -2.54. The van der Waals surface area contributed by atoms with Crippen molar-refractivity contribution in [3.8, 4) is 5.75 Å². The summed E-state index contributed by atoms with van der Waals surface area (Å²) in [5.74, 6) is -0.921. The Morgan fingerprint density at radius 2 is 2.07 bits per heavy atom. The quantitative estimate of drug-likeness (QED) is 0.551. The van der Waals surface area contributed by atoms with E-state index in [9.17, 15) is 19.2 Å². The molecule has 0 bridgehead atoms. The van der Waals surface area contributed by atoms with E-state index in [2.05, 4.69) is 0 Å². The molecule has 0 aliphatic carbocycles. The van der Waals surface area contributed by atoms with Gasteiger partial charge in [-0.25, -0.2) is 0 Å². The van der Waals surface area contributed by atoms with Crippen LogP contribution in [0, 0.1) is 5.92 Å².